The van der Waals surface area contributed by atoms with Crippen molar-refractivity contribution in [3.8, 4) is 11.4 Å². The Labute approximate surface area is 243 Å². The van der Waals surface area contributed by atoms with Gasteiger partial charge in [-0.3, -0.25) is 9.58 Å². The molecule has 10 heteroatoms. The maximum atomic E-state index is 12.0. The Morgan fingerprint density at radius 2 is 2.00 bits per heavy atom. The molecular weight excluding hydrogens is 491 g/mol. The molecule has 1 fully saturated rings. The molecule has 38 heavy (non-hydrogen) atoms. The van der Waals surface area contributed by atoms with Crippen LogP contribution < -0.4 is 39.4 Å². The van der Waals surface area contributed by atoms with Crippen LogP contribution in [0.15, 0.2) is 60.9 Å². The van der Waals surface area contributed by atoms with E-state index in [9.17, 15) is 9.90 Å². The van der Waals surface area contributed by atoms with E-state index in [1.165, 1.54) is 11.8 Å². The molecule has 1 aliphatic heterocycles. The van der Waals surface area contributed by atoms with E-state index in [2.05, 4.69) is 45.4 Å². The summed E-state index contributed by atoms with van der Waals surface area (Å²) in [6.07, 6.45) is 5.15. The topological polar surface area (TPSA) is 101 Å². The predicted molar refractivity (Wildman–Crippen MR) is 134 cm³/mol. The Morgan fingerprint density at radius 3 is 2.76 bits per heavy atom. The Morgan fingerprint density at radius 1 is 1.16 bits per heavy atom. The first-order valence-corrected chi connectivity index (χ1v) is 12.7. The van der Waals surface area contributed by atoms with Gasteiger partial charge in [0.1, 0.15) is 11.9 Å². The van der Waals surface area contributed by atoms with Gasteiger partial charge in [0.05, 0.1) is 29.2 Å². The van der Waals surface area contributed by atoms with Crippen LogP contribution in [0.4, 0.5) is 0 Å². The molecular formula is C28H29N6NaO3. The van der Waals surface area contributed by atoms with Gasteiger partial charge in [-0.2, -0.15) is 5.10 Å². The molecule has 0 bridgehead atoms. The number of carbonyl (C=O) groups is 1. The van der Waals surface area contributed by atoms with E-state index in [0.29, 0.717) is 5.69 Å². The second-order valence-corrected chi connectivity index (χ2v) is 10.0. The number of carboxylic acids is 1. The fraction of sp³-hybridized carbons (Fsp3) is 0.357. The zero-order valence-electron chi connectivity index (χ0n) is 21.9. The van der Waals surface area contributed by atoms with Crippen molar-refractivity contribution in [2.24, 2.45) is 7.05 Å². The van der Waals surface area contributed by atoms with Crippen LogP contribution >= 0.6 is 0 Å². The third-order valence-electron chi connectivity index (χ3n) is 7.31. The third-order valence-corrected chi connectivity index (χ3v) is 7.31. The third kappa shape index (κ3) is 5.29. The molecule has 190 valence electrons. The molecule has 2 aromatic carbocycles. The summed E-state index contributed by atoms with van der Waals surface area (Å²) in [7, 11) is 1.83. The molecule has 2 aliphatic rings. The smallest absolute Gasteiger partial charge is 0.545 e. The molecule has 3 heterocycles. The largest absolute Gasteiger partial charge is 1.00 e. The summed E-state index contributed by atoms with van der Waals surface area (Å²) in [6.45, 7) is 4.54. The first-order valence-electron chi connectivity index (χ1n) is 12.7. The number of fused-ring (bicyclic) bond motifs is 1. The number of rotatable bonds is 7. The number of carbonyl (C=O) groups excluding carboxylic acids is 1. The fourth-order valence-electron chi connectivity index (χ4n) is 5.37. The molecule has 2 aromatic heterocycles. The van der Waals surface area contributed by atoms with Gasteiger partial charge in [-0.15, -0.1) is 5.10 Å². The summed E-state index contributed by atoms with van der Waals surface area (Å²) in [6, 6.07) is 16.4. The number of hydrogen-bond donors (Lipinski definition) is 0. The molecule has 1 saturated carbocycles. The number of ether oxygens (including phenoxy) is 1. The molecule has 0 radical (unpaired) electrons. The molecule has 0 amide bonds. The van der Waals surface area contributed by atoms with Gasteiger partial charge in [-0.05, 0) is 36.6 Å². The second kappa shape index (κ2) is 11.0. The van der Waals surface area contributed by atoms with Gasteiger partial charge < -0.3 is 14.6 Å². The number of aryl methyl sites for hydroxylation is 1. The maximum absolute atomic E-state index is 12.0. The average Bonchev–Trinajstić information content (AvgIpc) is 3.41. The van der Waals surface area contributed by atoms with Crippen LogP contribution in [0.25, 0.3) is 5.69 Å². The summed E-state index contributed by atoms with van der Waals surface area (Å²) < 4.78 is 9.68. The van der Waals surface area contributed by atoms with Crippen molar-refractivity contribution >= 4 is 5.97 Å². The molecule has 4 aromatic rings. The fourth-order valence-corrected chi connectivity index (χ4v) is 5.37. The van der Waals surface area contributed by atoms with Crippen LogP contribution in [0.2, 0.25) is 0 Å². The number of nitrogens with zero attached hydrogens (tertiary/aromatic N) is 6. The van der Waals surface area contributed by atoms with Crippen molar-refractivity contribution in [1.29, 1.82) is 0 Å². The molecule has 0 saturated heterocycles. The van der Waals surface area contributed by atoms with E-state index >= 15 is 0 Å². The first kappa shape index (κ1) is 26.6. The van der Waals surface area contributed by atoms with Gasteiger partial charge in [-0.1, -0.05) is 42.5 Å². The van der Waals surface area contributed by atoms with Gasteiger partial charge in [0, 0.05) is 55.8 Å². The summed E-state index contributed by atoms with van der Waals surface area (Å²) in [4.78, 5) is 14.4. The Kier molecular flexibility index (Phi) is 7.72. The number of benzene rings is 2. The number of hydrogen-bond acceptors (Lipinski definition) is 7. The van der Waals surface area contributed by atoms with E-state index in [4.69, 9.17) is 4.74 Å². The normalized spacial score (nSPS) is 20.6. The monoisotopic (exact) mass is 520 g/mol. The van der Waals surface area contributed by atoms with Crippen molar-refractivity contribution in [1.82, 2.24) is 29.7 Å². The van der Waals surface area contributed by atoms with Crippen molar-refractivity contribution < 1.29 is 44.2 Å². The molecule has 6 rings (SSSR count). The zero-order valence-corrected chi connectivity index (χ0v) is 23.9. The van der Waals surface area contributed by atoms with E-state index in [-0.39, 0.29) is 53.1 Å². The minimum absolute atomic E-state index is 0. The molecule has 3 atom stereocenters. The van der Waals surface area contributed by atoms with Crippen LogP contribution in [-0.4, -0.2) is 48.3 Å². The number of carboxylic acid groups (broad SMARTS) is 1. The van der Waals surface area contributed by atoms with Crippen molar-refractivity contribution in [2.75, 3.05) is 6.54 Å². The quantitative estimate of drug-likeness (QED) is 0.312. The number of aromatic carboxylic acids is 1. The SMILES string of the molecule is CC[C@@H]1CN(Cc2cccc(-n3ncc(C(=O)[O-])c3C3C[C@H]3c3cn(C)nn3)c2)Cc2ccccc2O1.[Na+]. The van der Waals surface area contributed by atoms with Gasteiger partial charge in [0.15, 0.2) is 0 Å². The molecule has 9 nitrogen and oxygen atoms in total. The number of para-hydroxylation sites is 1. The minimum atomic E-state index is -1.21. The maximum Gasteiger partial charge on any atom is 1.00 e. The summed E-state index contributed by atoms with van der Waals surface area (Å²) >= 11 is 0. The molecule has 0 spiro atoms. The first-order chi connectivity index (χ1) is 18.0. The van der Waals surface area contributed by atoms with Crippen LogP contribution in [0.1, 0.15) is 64.5 Å². The molecule has 1 unspecified atom stereocenters. The Balaban J connectivity index is 0.00000294. The predicted octanol–water partition coefficient (Wildman–Crippen LogP) is -0.187. The van der Waals surface area contributed by atoms with Crippen molar-refractivity contribution in [3.63, 3.8) is 0 Å². The summed E-state index contributed by atoms with van der Waals surface area (Å²) in [5.41, 5.74) is 4.82. The van der Waals surface area contributed by atoms with E-state index < -0.39 is 5.97 Å². The van der Waals surface area contributed by atoms with Crippen molar-refractivity contribution in [3.05, 3.63) is 89.0 Å². The second-order valence-electron chi connectivity index (χ2n) is 10.0. The summed E-state index contributed by atoms with van der Waals surface area (Å²) in [5.74, 6) is -0.131. The Hall–Kier alpha value is -2.98. The van der Waals surface area contributed by atoms with E-state index in [1.807, 2.05) is 43.6 Å². The van der Waals surface area contributed by atoms with Crippen LogP contribution in [0.5, 0.6) is 5.75 Å². The van der Waals surface area contributed by atoms with Gasteiger partial charge in [0.25, 0.3) is 0 Å². The average molecular weight is 521 g/mol. The number of aromatic nitrogens is 5. The van der Waals surface area contributed by atoms with Crippen LogP contribution in [0, 0.1) is 0 Å². The van der Waals surface area contributed by atoms with Crippen LogP contribution in [-0.2, 0) is 20.1 Å². The molecule has 0 N–H and O–H groups in total. The zero-order chi connectivity index (χ0) is 25.5. The van der Waals surface area contributed by atoms with Crippen molar-refractivity contribution in [2.45, 2.75) is 50.8 Å². The van der Waals surface area contributed by atoms with Gasteiger partial charge >= 0.3 is 29.6 Å². The standard InChI is InChI=1S/C28H30N6O3.Na/c1-3-21-16-33(15-19-8-4-5-10-26(19)37-21)14-18-7-6-9-20(11-18)34-27(24(13-29-34)28(35)36)23-12-22(23)25-17-32(2)31-30-25;/h4-11,13,17,21-23H,3,12,14-16H2,1-2H3,(H,35,36);/q;+1/p-1/t21-,22-,23?;/m1./s1. The summed E-state index contributed by atoms with van der Waals surface area (Å²) in [5, 5.41) is 24.7. The molecule has 1 aliphatic carbocycles. The van der Waals surface area contributed by atoms with Crippen LogP contribution in [0.3, 0.4) is 0 Å². The minimum Gasteiger partial charge on any atom is -0.545 e. The van der Waals surface area contributed by atoms with Gasteiger partial charge in [-0.25, -0.2) is 4.68 Å². The van der Waals surface area contributed by atoms with Gasteiger partial charge in [0.2, 0.25) is 0 Å². The van der Waals surface area contributed by atoms with E-state index in [1.54, 1.807) is 9.36 Å². The van der Waals surface area contributed by atoms with E-state index in [0.717, 1.165) is 55.2 Å². The Bertz CT molecular complexity index is 1450.